The molecule has 1 fully saturated rings. The SMILES string of the molecule is O=C(C[S+]([O-])Cc1ccccc1-c1ccsc1)N1CCC(O)CC1. The summed E-state index contributed by atoms with van der Waals surface area (Å²) in [6.45, 7) is 1.12. The highest BCUT2D eigenvalue weighted by molar-refractivity contribution is 7.91. The third-order valence-corrected chi connectivity index (χ3v) is 6.15. The molecule has 1 aliphatic heterocycles. The number of rotatable bonds is 5. The van der Waals surface area contributed by atoms with Gasteiger partial charge in [-0.3, -0.25) is 4.79 Å². The Morgan fingerprint density at radius 3 is 2.75 bits per heavy atom. The fourth-order valence-corrected chi connectivity index (χ4v) is 4.73. The molecule has 0 aliphatic carbocycles. The second kappa shape index (κ2) is 8.16. The zero-order valence-corrected chi connectivity index (χ0v) is 15.0. The number of amides is 1. The topological polar surface area (TPSA) is 63.6 Å². The molecule has 0 saturated carbocycles. The summed E-state index contributed by atoms with van der Waals surface area (Å²) in [6, 6.07) is 9.98. The second-order valence-corrected chi connectivity index (χ2v) is 8.25. The van der Waals surface area contributed by atoms with E-state index in [1.165, 1.54) is 0 Å². The van der Waals surface area contributed by atoms with Crippen molar-refractivity contribution in [3.05, 3.63) is 46.7 Å². The highest BCUT2D eigenvalue weighted by Crippen LogP contribution is 2.27. The van der Waals surface area contributed by atoms with Gasteiger partial charge < -0.3 is 14.6 Å². The fourth-order valence-electron chi connectivity index (χ4n) is 2.91. The van der Waals surface area contributed by atoms with E-state index < -0.39 is 11.2 Å². The molecule has 0 bridgehead atoms. The standard InChI is InChI=1S/C18H21NO3S2/c20-16-5-8-19(9-6-16)18(21)13-24(22)12-15-3-1-2-4-17(15)14-7-10-23-11-14/h1-4,7,10-11,16,20H,5-6,8-9,12-13H2. The van der Waals surface area contributed by atoms with E-state index in [1.807, 2.05) is 29.6 Å². The predicted octanol–water partition coefficient (Wildman–Crippen LogP) is 2.65. The Kier molecular flexibility index (Phi) is 5.94. The summed E-state index contributed by atoms with van der Waals surface area (Å²) in [5, 5.41) is 13.6. The van der Waals surface area contributed by atoms with Crippen molar-refractivity contribution in [2.75, 3.05) is 18.8 Å². The Labute approximate surface area is 149 Å². The lowest BCUT2D eigenvalue weighted by Crippen LogP contribution is -2.42. The Hall–Kier alpha value is -1.34. The van der Waals surface area contributed by atoms with Crippen LogP contribution >= 0.6 is 11.3 Å². The van der Waals surface area contributed by atoms with E-state index in [2.05, 4.69) is 11.4 Å². The first-order valence-corrected chi connectivity index (χ1v) is 10.5. The van der Waals surface area contributed by atoms with E-state index in [1.54, 1.807) is 16.2 Å². The van der Waals surface area contributed by atoms with Gasteiger partial charge in [0.25, 0.3) is 5.91 Å². The summed E-state index contributed by atoms with van der Waals surface area (Å²) in [6.07, 6.45) is 0.913. The van der Waals surface area contributed by atoms with Crippen molar-refractivity contribution in [1.82, 2.24) is 4.90 Å². The number of carbonyl (C=O) groups is 1. The smallest absolute Gasteiger partial charge is 0.272 e. The molecule has 1 aromatic heterocycles. The van der Waals surface area contributed by atoms with Crippen LogP contribution in [0.15, 0.2) is 41.1 Å². The number of hydrogen-bond donors (Lipinski definition) is 1. The molecule has 1 aliphatic rings. The van der Waals surface area contributed by atoms with Crippen LogP contribution in [0.25, 0.3) is 11.1 Å². The largest absolute Gasteiger partial charge is 0.616 e. The molecule has 128 valence electrons. The summed E-state index contributed by atoms with van der Waals surface area (Å²) >= 11 is 0.401. The number of aliphatic hydroxyl groups excluding tert-OH is 1. The molecule has 0 radical (unpaired) electrons. The Balaban J connectivity index is 1.61. The molecule has 6 heteroatoms. The Bertz CT molecular complexity index is 667. The highest BCUT2D eigenvalue weighted by atomic mass is 32.2. The lowest BCUT2D eigenvalue weighted by Gasteiger charge is -2.29. The molecule has 1 N–H and O–H groups in total. The van der Waals surface area contributed by atoms with Gasteiger partial charge in [-0.1, -0.05) is 24.3 Å². The summed E-state index contributed by atoms with van der Waals surface area (Å²) in [7, 11) is 0. The molecule has 24 heavy (non-hydrogen) atoms. The number of likely N-dealkylation sites (tertiary alicyclic amines) is 1. The number of piperidine rings is 1. The molecular formula is C18H21NO3S2. The fraction of sp³-hybridized carbons (Fsp3) is 0.389. The molecule has 1 unspecified atom stereocenters. The van der Waals surface area contributed by atoms with Crippen LogP contribution in [0.5, 0.6) is 0 Å². The van der Waals surface area contributed by atoms with Crippen molar-refractivity contribution in [2.45, 2.75) is 24.7 Å². The molecule has 0 spiro atoms. The maximum absolute atomic E-state index is 12.5. The van der Waals surface area contributed by atoms with Crippen LogP contribution in [0.2, 0.25) is 0 Å². The van der Waals surface area contributed by atoms with Crippen molar-refractivity contribution >= 4 is 28.4 Å². The zero-order valence-electron chi connectivity index (χ0n) is 13.4. The molecule has 3 rings (SSSR count). The van der Waals surface area contributed by atoms with Crippen LogP contribution in [0.1, 0.15) is 18.4 Å². The van der Waals surface area contributed by atoms with Crippen LogP contribution in [0.3, 0.4) is 0 Å². The van der Waals surface area contributed by atoms with Crippen LogP contribution in [0, 0.1) is 0 Å². The van der Waals surface area contributed by atoms with Gasteiger partial charge in [0.1, 0.15) is 5.75 Å². The molecule has 2 aromatic rings. The summed E-state index contributed by atoms with van der Waals surface area (Å²) in [5.41, 5.74) is 3.22. The van der Waals surface area contributed by atoms with Crippen molar-refractivity contribution in [3.63, 3.8) is 0 Å². The van der Waals surface area contributed by atoms with Gasteiger partial charge in [0.2, 0.25) is 0 Å². The van der Waals surface area contributed by atoms with E-state index in [0.717, 1.165) is 16.7 Å². The van der Waals surface area contributed by atoms with Crippen LogP contribution in [-0.4, -0.2) is 45.4 Å². The van der Waals surface area contributed by atoms with Crippen LogP contribution in [0.4, 0.5) is 0 Å². The molecule has 2 heterocycles. The van der Waals surface area contributed by atoms with Gasteiger partial charge in [0.05, 0.1) is 6.10 Å². The number of carbonyl (C=O) groups excluding carboxylic acids is 1. The van der Waals surface area contributed by atoms with E-state index >= 15 is 0 Å². The Morgan fingerprint density at radius 1 is 1.29 bits per heavy atom. The van der Waals surface area contributed by atoms with Crippen LogP contribution in [-0.2, 0) is 21.7 Å². The van der Waals surface area contributed by atoms with Gasteiger partial charge in [0.15, 0.2) is 5.75 Å². The highest BCUT2D eigenvalue weighted by Gasteiger charge is 2.25. The van der Waals surface area contributed by atoms with Gasteiger partial charge >= 0.3 is 0 Å². The first-order chi connectivity index (χ1) is 11.6. The van der Waals surface area contributed by atoms with Gasteiger partial charge in [-0.15, -0.1) is 0 Å². The first-order valence-electron chi connectivity index (χ1n) is 8.05. The van der Waals surface area contributed by atoms with Crippen LogP contribution < -0.4 is 0 Å². The van der Waals surface area contributed by atoms with E-state index in [-0.39, 0.29) is 17.8 Å². The van der Waals surface area contributed by atoms with Gasteiger partial charge in [-0.25, -0.2) is 0 Å². The predicted molar refractivity (Wildman–Crippen MR) is 98.3 cm³/mol. The monoisotopic (exact) mass is 363 g/mol. The third-order valence-electron chi connectivity index (χ3n) is 4.27. The quantitative estimate of drug-likeness (QED) is 0.831. The average molecular weight is 364 g/mol. The van der Waals surface area contributed by atoms with Crippen molar-refractivity contribution in [1.29, 1.82) is 0 Å². The molecule has 1 amide bonds. The molecule has 1 atom stereocenters. The minimum Gasteiger partial charge on any atom is -0.616 e. The number of thiophene rings is 1. The summed E-state index contributed by atoms with van der Waals surface area (Å²) in [4.78, 5) is 14.0. The summed E-state index contributed by atoms with van der Waals surface area (Å²) < 4.78 is 12.5. The lowest BCUT2D eigenvalue weighted by atomic mass is 10.0. The van der Waals surface area contributed by atoms with E-state index in [9.17, 15) is 14.5 Å². The number of aliphatic hydroxyl groups is 1. The van der Waals surface area contributed by atoms with Gasteiger partial charge in [-0.05, 0) is 52.0 Å². The first kappa shape index (κ1) is 17.5. The maximum Gasteiger partial charge on any atom is 0.272 e. The number of nitrogens with zero attached hydrogens (tertiary/aromatic N) is 1. The average Bonchev–Trinajstić information content (AvgIpc) is 3.10. The zero-order chi connectivity index (χ0) is 16.9. The maximum atomic E-state index is 12.5. The second-order valence-electron chi connectivity index (χ2n) is 6.01. The third kappa shape index (κ3) is 4.39. The lowest BCUT2D eigenvalue weighted by molar-refractivity contribution is -0.130. The Morgan fingerprint density at radius 2 is 2.04 bits per heavy atom. The number of hydrogen-bond acceptors (Lipinski definition) is 4. The minimum atomic E-state index is -1.23. The van der Waals surface area contributed by atoms with Crippen molar-refractivity contribution in [2.24, 2.45) is 0 Å². The molecular weight excluding hydrogens is 342 g/mol. The molecule has 4 nitrogen and oxygen atoms in total. The number of benzene rings is 1. The van der Waals surface area contributed by atoms with Gasteiger partial charge in [0, 0.05) is 18.7 Å². The molecule has 1 saturated heterocycles. The normalized spacial score (nSPS) is 17.0. The van der Waals surface area contributed by atoms with E-state index in [4.69, 9.17) is 0 Å². The summed E-state index contributed by atoms with van der Waals surface area (Å²) in [5.74, 6) is 0.357. The van der Waals surface area contributed by atoms with E-state index in [0.29, 0.717) is 31.7 Å². The molecule has 1 aromatic carbocycles. The van der Waals surface area contributed by atoms with Crippen molar-refractivity contribution in [3.8, 4) is 11.1 Å². The van der Waals surface area contributed by atoms with Gasteiger partial charge in [-0.2, -0.15) is 11.3 Å². The van der Waals surface area contributed by atoms with Crippen molar-refractivity contribution < 1.29 is 14.5 Å². The minimum absolute atomic E-state index is 0.0497.